The zero-order valence-corrected chi connectivity index (χ0v) is 19.0. The van der Waals surface area contributed by atoms with Crippen molar-refractivity contribution in [3.8, 4) is 11.5 Å². The molecule has 1 aliphatic carbocycles. The Labute approximate surface area is 193 Å². The molecule has 1 heterocycles. The number of nitrogens with zero attached hydrogens (tertiary/aromatic N) is 2. The molecule has 0 N–H and O–H groups in total. The highest BCUT2D eigenvalue weighted by Crippen LogP contribution is 2.41. The second-order valence-corrected chi connectivity index (χ2v) is 8.87. The van der Waals surface area contributed by atoms with E-state index in [1.807, 2.05) is 0 Å². The lowest BCUT2D eigenvalue weighted by molar-refractivity contribution is -0.107. The molecule has 0 spiro atoms. The van der Waals surface area contributed by atoms with Gasteiger partial charge in [0.2, 0.25) is 6.41 Å². The van der Waals surface area contributed by atoms with Crippen LogP contribution in [0.5, 0.6) is 11.5 Å². The third kappa shape index (κ3) is 4.23. The first-order valence-electron chi connectivity index (χ1n) is 10.4. The molecule has 174 valence electrons. The van der Waals surface area contributed by atoms with Crippen molar-refractivity contribution in [2.45, 2.75) is 31.3 Å². The molecule has 1 aliphatic heterocycles. The maximum absolute atomic E-state index is 13.6. The summed E-state index contributed by atoms with van der Waals surface area (Å²) in [4.78, 5) is 41.3. The molecule has 3 amide bonds. The van der Waals surface area contributed by atoms with Crippen molar-refractivity contribution < 1.29 is 32.6 Å². The molecular formula is C23H23N2O7S-. The lowest BCUT2D eigenvalue weighted by Crippen LogP contribution is -2.35. The predicted molar refractivity (Wildman–Crippen MR) is 119 cm³/mol. The second-order valence-electron chi connectivity index (χ2n) is 7.85. The molecule has 2 unspecified atom stereocenters. The molecule has 1 saturated carbocycles. The van der Waals surface area contributed by atoms with E-state index in [9.17, 15) is 23.1 Å². The summed E-state index contributed by atoms with van der Waals surface area (Å²) in [7, 11) is 2.95. The Hall–Kier alpha value is -3.24. The van der Waals surface area contributed by atoms with Crippen LogP contribution in [-0.4, -0.2) is 57.9 Å². The van der Waals surface area contributed by atoms with Gasteiger partial charge in [0.25, 0.3) is 11.8 Å². The van der Waals surface area contributed by atoms with Gasteiger partial charge in [0.1, 0.15) is 0 Å². The molecule has 0 saturated heterocycles. The highest BCUT2D eigenvalue weighted by molar-refractivity contribution is 7.79. The number of rotatable bonds is 10. The zero-order valence-electron chi connectivity index (χ0n) is 18.2. The van der Waals surface area contributed by atoms with Gasteiger partial charge in [-0.3, -0.25) is 23.5 Å². The number of ether oxygens (including phenoxy) is 2. The summed E-state index contributed by atoms with van der Waals surface area (Å²) in [5, 5.41) is 0. The Kier molecular flexibility index (Phi) is 6.48. The molecule has 2 aliphatic rings. The molecule has 9 nitrogen and oxygen atoms in total. The number of methoxy groups -OCH3 is 2. The van der Waals surface area contributed by atoms with Gasteiger partial charge < -0.3 is 18.9 Å². The van der Waals surface area contributed by atoms with Gasteiger partial charge in [-0.2, -0.15) is 0 Å². The van der Waals surface area contributed by atoms with E-state index < -0.39 is 28.9 Å². The summed E-state index contributed by atoms with van der Waals surface area (Å²) in [5.74, 6) is -0.490. The number of anilines is 1. The van der Waals surface area contributed by atoms with Gasteiger partial charge in [-0.15, -0.1) is 0 Å². The molecule has 1 fully saturated rings. The van der Waals surface area contributed by atoms with E-state index in [0.717, 1.165) is 17.7 Å². The SMILES string of the molecule is COc1ccc(C(CCS(=O)[O-])N2C(=O)c3cccc(N(C=O)C4CC4)c3C2=O)cc1OC. The minimum absolute atomic E-state index is 0.00637. The van der Waals surface area contributed by atoms with Gasteiger partial charge in [0, 0.05) is 11.8 Å². The summed E-state index contributed by atoms with van der Waals surface area (Å²) in [6, 6.07) is 8.93. The summed E-state index contributed by atoms with van der Waals surface area (Å²) in [6.07, 6.45) is 2.35. The molecule has 33 heavy (non-hydrogen) atoms. The first-order chi connectivity index (χ1) is 15.9. The Morgan fingerprint density at radius 2 is 1.88 bits per heavy atom. The monoisotopic (exact) mass is 471 g/mol. The molecule has 0 radical (unpaired) electrons. The van der Waals surface area contributed by atoms with Crippen molar-refractivity contribution in [2.24, 2.45) is 0 Å². The fourth-order valence-electron chi connectivity index (χ4n) is 4.19. The molecule has 2 aromatic rings. The van der Waals surface area contributed by atoms with Crippen LogP contribution in [0.15, 0.2) is 36.4 Å². The van der Waals surface area contributed by atoms with Crippen LogP contribution in [-0.2, 0) is 15.9 Å². The normalized spacial score (nSPS) is 16.9. The molecule has 0 aromatic heterocycles. The number of hydrogen-bond donors (Lipinski definition) is 0. The Morgan fingerprint density at radius 3 is 2.48 bits per heavy atom. The van der Waals surface area contributed by atoms with Crippen LogP contribution in [0.1, 0.15) is 51.6 Å². The van der Waals surface area contributed by atoms with E-state index in [1.165, 1.54) is 19.1 Å². The van der Waals surface area contributed by atoms with Crippen molar-refractivity contribution in [3.63, 3.8) is 0 Å². The van der Waals surface area contributed by atoms with E-state index in [1.54, 1.807) is 36.4 Å². The third-order valence-electron chi connectivity index (χ3n) is 5.92. The van der Waals surface area contributed by atoms with Crippen molar-refractivity contribution in [3.05, 3.63) is 53.1 Å². The van der Waals surface area contributed by atoms with Crippen molar-refractivity contribution in [2.75, 3.05) is 24.9 Å². The predicted octanol–water partition coefficient (Wildman–Crippen LogP) is 2.44. The smallest absolute Gasteiger partial charge is 0.264 e. The quantitative estimate of drug-likeness (QED) is 0.297. The van der Waals surface area contributed by atoms with Gasteiger partial charge in [-0.25, -0.2) is 0 Å². The van der Waals surface area contributed by atoms with Crippen LogP contribution >= 0.6 is 0 Å². The number of carbonyl (C=O) groups excluding carboxylic acids is 3. The topological polar surface area (TPSA) is 116 Å². The Morgan fingerprint density at radius 1 is 1.15 bits per heavy atom. The van der Waals surface area contributed by atoms with Gasteiger partial charge in [0.15, 0.2) is 11.5 Å². The number of imide groups is 1. The van der Waals surface area contributed by atoms with Crippen molar-refractivity contribution in [1.29, 1.82) is 0 Å². The van der Waals surface area contributed by atoms with E-state index in [-0.39, 0.29) is 29.3 Å². The standard InChI is InChI=1S/C23H24N2O7S/c1-31-19-9-6-14(12-20(19)32-2)17(10-11-33(29)30)25-22(27)16-4-3-5-18(21(16)23(25)28)24(13-26)15-7-8-15/h3-6,9,12-13,15,17H,7-8,10-11H2,1-2H3,(H,29,30)/p-1. The maximum atomic E-state index is 13.6. The van der Waals surface area contributed by atoms with Gasteiger partial charge >= 0.3 is 0 Å². The molecule has 2 atom stereocenters. The lowest BCUT2D eigenvalue weighted by atomic mass is 10.0. The number of fused-ring (bicyclic) bond motifs is 1. The number of carbonyl (C=O) groups is 3. The summed E-state index contributed by atoms with van der Waals surface area (Å²) in [6.45, 7) is 0. The summed E-state index contributed by atoms with van der Waals surface area (Å²) in [5.41, 5.74) is 1.28. The average Bonchev–Trinajstić information content (AvgIpc) is 3.62. The van der Waals surface area contributed by atoms with E-state index in [2.05, 4.69) is 0 Å². The van der Waals surface area contributed by atoms with Crippen molar-refractivity contribution >= 4 is 35.0 Å². The molecule has 0 bridgehead atoms. The Balaban J connectivity index is 1.78. The van der Waals surface area contributed by atoms with Crippen LogP contribution < -0.4 is 14.4 Å². The van der Waals surface area contributed by atoms with Crippen LogP contribution in [0, 0.1) is 0 Å². The fourth-order valence-corrected chi connectivity index (χ4v) is 4.60. The summed E-state index contributed by atoms with van der Waals surface area (Å²) >= 11 is -2.37. The minimum atomic E-state index is -2.37. The van der Waals surface area contributed by atoms with E-state index in [0.29, 0.717) is 29.2 Å². The maximum Gasteiger partial charge on any atom is 0.264 e. The molecule has 2 aromatic carbocycles. The fraction of sp³-hybridized carbons (Fsp3) is 0.348. The molecule has 10 heteroatoms. The second kappa shape index (κ2) is 9.32. The summed E-state index contributed by atoms with van der Waals surface area (Å²) < 4.78 is 33.3. The third-order valence-corrected chi connectivity index (χ3v) is 6.49. The van der Waals surface area contributed by atoms with Crippen LogP contribution in [0.4, 0.5) is 5.69 Å². The van der Waals surface area contributed by atoms with Crippen LogP contribution in [0.3, 0.4) is 0 Å². The highest BCUT2D eigenvalue weighted by Gasteiger charge is 2.44. The van der Waals surface area contributed by atoms with Crippen molar-refractivity contribution in [1.82, 2.24) is 4.90 Å². The first kappa shape index (κ1) is 22.9. The first-order valence-corrected chi connectivity index (χ1v) is 11.7. The number of benzene rings is 2. The van der Waals surface area contributed by atoms with Gasteiger partial charge in [-0.05, 0) is 49.1 Å². The average molecular weight is 472 g/mol. The van der Waals surface area contributed by atoms with E-state index >= 15 is 0 Å². The minimum Gasteiger partial charge on any atom is -0.772 e. The van der Waals surface area contributed by atoms with Crippen LogP contribution in [0.25, 0.3) is 0 Å². The van der Waals surface area contributed by atoms with Gasteiger partial charge in [-0.1, -0.05) is 23.2 Å². The zero-order chi connectivity index (χ0) is 23.7. The highest BCUT2D eigenvalue weighted by atomic mass is 32.2. The number of amides is 3. The van der Waals surface area contributed by atoms with Crippen LogP contribution in [0.2, 0.25) is 0 Å². The van der Waals surface area contributed by atoms with Gasteiger partial charge in [0.05, 0.1) is 37.1 Å². The Bertz CT molecular complexity index is 1130. The number of hydrogen-bond acceptors (Lipinski definition) is 7. The largest absolute Gasteiger partial charge is 0.772 e. The lowest BCUT2D eigenvalue weighted by Gasteiger charge is -2.28. The molecule has 4 rings (SSSR count). The molecular weight excluding hydrogens is 448 g/mol. The van der Waals surface area contributed by atoms with E-state index in [4.69, 9.17) is 9.47 Å².